The van der Waals surface area contributed by atoms with E-state index in [1.165, 1.54) is 14.0 Å². The number of ketones is 2. The van der Waals surface area contributed by atoms with Crippen LogP contribution in [0.4, 0.5) is 0 Å². The van der Waals surface area contributed by atoms with Crippen molar-refractivity contribution in [2.75, 3.05) is 20.3 Å². The van der Waals surface area contributed by atoms with Crippen LogP contribution in [0.3, 0.4) is 0 Å². The molecule has 0 aromatic rings. The average molecular weight is 484 g/mol. The molecular formula is C24H37NO9. The van der Waals surface area contributed by atoms with Crippen LogP contribution in [0.5, 0.6) is 0 Å². The van der Waals surface area contributed by atoms with Crippen LogP contribution >= 0.6 is 0 Å². The minimum atomic E-state index is -1.38. The predicted molar refractivity (Wildman–Crippen MR) is 120 cm³/mol. The molecule has 3 atom stereocenters. The van der Waals surface area contributed by atoms with Crippen LogP contribution in [0.1, 0.15) is 78.6 Å². The van der Waals surface area contributed by atoms with Gasteiger partial charge < -0.3 is 19.5 Å². The fourth-order valence-electron chi connectivity index (χ4n) is 4.28. The highest BCUT2D eigenvalue weighted by atomic mass is 16.5. The van der Waals surface area contributed by atoms with Gasteiger partial charge in [-0.2, -0.15) is 0 Å². The van der Waals surface area contributed by atoms with Gasteiger partial charge in [-0.15, -0.1) is 0 Å². The maximum absolute atomic E-state index is 12.4. The van der Waals surface area contributed by atoms with Crippen molar-refractivity contribution in [2.24, 2.45) is 11.3 Å². The molecule has 10 heteroatoms. The third-order valence-electron chi connectivity index (χ3n) is 6.00. The van der Waals surface area contributed by atoms with Crippen LogP contribution in [0.15, 0.2) is 0 Å². The summed E-state index contributed by atoms with van der Waals surface area (Å²) in [7, 11) is 1.19. The van der Waals surface area contributed by atoms with E-state index in [0.29, 0.717) is 38.7 Å². The summed E-state index contributed by atoms with van der Waals surface area (Å²) < 4.78 is 14.5. The lowest BCUT2D eigenvalue weighted by Gasteiger charge is -2.35. The van der Waals surface area contributed by atoms with E-state index < -0.39 is 35.2 Å². The molecule has 0 spiro atoms. The van der Waals surface area contributed by atoms with Crippen LogP contribution in [-0.2, 0) is 43.0 Å². The fourth-order valence-corrected chi connectivity index (χ4v) is 4.28. The Morgan fingerprint density at radius 2 is 1.65 bits per heavy atom. The molecule has 0 aliphatic heterocycles. The van der Waals surface area contributed by atoms with Crippen molar-refractivity contribution in [1.82, 2.24) is 5.32 Å². The van der Waals surface area contributed by atoms with Crippen LogP contribution in [0, 0.1) is 11.3 Å². The van der Waals surface area contributed by atoms with Gasteiger partial charge in [-0.3, -0.25) is 24.0 Å². The highest BCUT2D eigenvalue weighted by Crippen LogP contribution is 2.39. The summed E-state index contributed by atoms with van der Waals surface area (Å²) in [6.07, 6.45) is 4.98. The van der Waals surface area contributed by atoms with Gasteiger partial charge in [0.05, 0.1) is 20.3 Å². The highest BCUT2D eigenvalue weighted by Gasteiger charge is 2.50. The van der Waals surface area contributed by atoms with Gasteiger partial charge in [0.15, 0.2) is 0 Å². The predicted octanol–water partition coefficient (Wildman–Crippen LogP) is 2.06. The zero-order chi connectivity index (χ0) is 25.7. The molecule has 2 rings (SSSR count). The normalized spacial score (nSPS) is 23.0. The van der Waals surface area contributed by atoms with Gasteiger partial charge >= 0.3 is 17.9 Å². The molecule has 10 nitrogen and oxygen atoms in total. The van der Waals surface area contributed by atoms with Crippen molar-refractivity contribution < 1.29 is 43.0 Å². The maximum Gasteiger partial charge on any atom is 0.328 e. The molecule has 0 aromatic carbocycles. The number of Topliss-reactive ketones (excluding diaryl/α,β-unsaturated/α-hetero) is 2. The van der Waals surface area contributed by atoms with Gasteiger partial charge in [0.1, 0.15) is 28.9 Å². The minimum Gasteiger partial charge on any atom is -0.467 e. The third-order valence-corrected chi connectivity index (χ3v) is 6.00. The third kappa shape index (κ3) is 8.22. The SMILES string of the molecule is CCOC(=O)C1(CC(NC(C)=O)C(=O)OC)CCCCC1=O.CCOC(=O)C1CCCCC1=O. The van der Waals surface area contributed by atoms with Gasteiger partial charge in [0.2, 0.25) is 5.91 Å². The second kappa shape index (κ2) is 14.5. The van der Waals surface area contributed by atoms with Gasteiger partial charge in [0, 0.05) is 26.2 Å². The Kier molecular flexibility index (Phi) is 12.5. The number of carbonyl (C=O) groups excluding carboxylic acids is 6. The lowest BCUT2D eigenvalue weighted by molar-refractivity contribution is -0.165. The summed E-state index contributed by atoms with van der Waals surface area (Å²) in [6, 6.07) is -1.05. The number of esters is 3. The van der Waals surface area contributed by atoms with Crippen molar-refractivity contribution in [1.29, 1.82) is 0 Å². The summed E-state index contributed by atoms with van der Waals surface area (Å²) in [4.78, 5) is 70.3. The fraction of sp³-hybridized carbons (Fsp3) is 0.750. The highest BCUT2D eigenvalue weighted by molar-refractivity contribution is 6.05. The largest absolute Gasteiger partial charge is 0.467 e. The van der Waals surface area contributed by atoms with Gasteiger partial charge in [-0.25, -0.2) is 4.79 Å². The number of methoxy groups -OCH3 is 1. The Morgan fingerprint density at radius 3 is 2.18 bits per heavy atom. The van der Waals surface area contributed by atoms with Gasteiger partial charge in [-0.05, 0) is 39.5 Å². The zero-order valence-corrected chi connectivity index (χ0v) is 20.6. The molecular weight excluding hydrogens is 446 g/mol. The standard InChI is InChI=1S/C15H23NO6.C9H14O3/c1-4-22-14(20)15(8-6-5-7-12(15)18)9-11(13(19)21-3)16-10(2)17;1-2-12-9(11)7-5-3-4-6-8(7)10/h11H,4-9H2,1-3H3,(H,16,17);7H,2-6H2,1H3. The minimum absolute atomic E-state index is 0.0553. The maximum atomic E-state index is 12.4. The van der Waals surface area contributed by atoms with Crippen LogP contribution in [0.25, 0.3) is 0 Å². The summed E-state index contributed by atoms with van der Waals surface area (Å²) in [5.74, 6) is -2.72. The number of ether oxygens (including phenoxy) is 3. The topological polar surface area (TPSA) is 142 Å². The van der Waals surface area contributed by atoms with Crippen LogP contribution in [0.2, 0.25) is 0 Å². The van der Waals surface area contributed by atoms with Crippen molar-refractivity contribution in [3.05, 3.63) is 0 Å². The van der Waals surface area contributed by atoms with E-state index in [1.807, 2.05) is 0 Å². The quantitative estimate of drug-likeness (QED) is 0.312. The number of amides is 1. The molecule has 34 heavy (non-hydrogen) atoms. The Bertz CT molecular complexity index is 764. The molecule has 0 radical (unpaired) electrons. The number of hydrogen-bond donors (Lipinski definition) is 1. The molecule has 2 saturated carbocycles. The summed E-state index contributed by atoms with van der Waals surface area (Å²) in [5, 5.41) is 2.45. The van der Waals surface area contributed by atoms with E-state index in [9.17, 15) is 28.8 Å². The molecule has 2 aliphatic carbocycles. The molecule has 192 valence electrons. The lowest BCUT2D eigenvalue weighted by atomic mass is 9.69. The first kappa shape index (κ1) is 29.3. The van der Waals surface area contributed by atoms with E-state index in [0.717, 1.165) is 12.8 Å². The Hall–Kier alpha value is -2.78. The van der Waals surface area contributed by atoms with Crippen molar-refractivity contribution in [2.45, 2.75) is 84.6 Å². The van der Waals surface area contributed by atoms with E-state index in [2.05, 4.69) is 10.1 Å². The molecule has 0 bridgehead atoms. The second-order valence-electron chi connectivity index (χ2n) is 8.43. The Labute approximate surface area is 200 Å². The average Bonchev–Trinajstić information content (AvgIpc) is 2.80. The summed E-state index contributed by atoms with van der Waals surface area (Å²) in [6.45, 7) is 5.19. The summed E-state index contributed by atoms with van der Waals surface area (Å²) >= 11 is 0. The molecule has 2 fully saturated rings. The molecule has 2 aliphatic rings. The molecule has 1 N–H and O–H groups in total. The first-order chi connectivity index (χ1) is 16.1. The van der Waals surface area contributed by atoms with Crippen LogP contribution < -0.4 is 5.32 Å². The molecule has 1 amide bonds. The number of rotatable bonds is 8. The summed E-state index contributed by atoms with van der Waals surface area (Å²) in [5.41, 5.74) is -1.38. The first-order valence-electron chi connectivity index (χ1n) is 11.9. The lowest BCUT2D eigenvalue weighted by Crippen LogP contribution is -2.51. The smallest absolute Gasteiger partial charge is 0.328 e. The van der Waals surface area contributed by atoms with Crippen molar-refractivity contribution in [3.8, 4) is 0 Å². The Balaban J connectivity index is 0.000000404. The van der Waals surface area contributed by atoms with Crippen molar-refractivity contribution in [3.63, 3.8) is 0 Å². The van der Waals surface area contributed by atoms with E-state index >= 15 is 0 Å². The molecule has 3 unspecified atom stereocenters. The van der Waals surface area contributed by atoms with Crippen LogP contribution in [-0.4, -0.2) is 61.7 Å². The molecule has 0 aromatic heterocycles. The van der Waals surface area contributed by atoms with E-state index in [4.69, 9.17) is 9.47 Å². The van der Waals surface area contributed by atoms with Gasteiger partial charge in [-0.1, -0.05) is 12.8 Å². The monoisotopic (exact) mass is 483 g/mol. The number of hydrogen-bond acceptors (Lipinski definition) is 9. The zero-order valence-electron chi connectivity index (χ0n) is 20.6. The second-order valence-corrected chi connectivity index (χ2v) is 8.43. The number of carbonyl (C=O) groups is 6. The van der Waals surface area contributed by atoms with Crippen molar-refractivity contribution >= 4 is 35.4 Å². The Morgan fingerprint density at radius 1 is 1.00 bits per heavy atom. The van der Waals surface area contributed by atoms with Gasteiger partial charge in [0.25, 0.3) is 0 Å². The number of nitrogens with one attached hydrogen (secondary N) is 1. The van der Waals surface area contributed by atoms with E-state index in [-0.39, 0.29) is 37.0 Å². The molecule has 0 heterocycles. The first-order valence-corrected chi connectivity index (χ1v) is 11.9. The van der Waals surface area contributed by atoms with E-state index in [1.54, 1.807) is 13.8 Å². The molecule has 0 saturated heterocycles.